The van der Waals surface area contributed by atoms with E-state index < -0.39 is 18.0 Å². The molecule has 0 aliphatic carbocycles. The number of aliphatic hydroxyl groups excluding tert-OH is 2. The van der Waals surface area contributed by atoms with Gasteiger partial charge in [0.15, 0.2) is 0 Å². The molecule has 0 amide bonds. The first-order valence-corrected chi connectivity index (χ1v) is 5.23. The average Bonchev–Trinajstić information content (AvgIpc) is 2.20. The number of nitrogens with zero attached hydrogens (tertiary/aromatic N) is 1. The normalized spacial score (nSPS) is 15.2. The standard InChI is InChI=1S/C9H11BrFNO2/c1-5-6(11)2-3-7(12-5)9(14)8(13)4-10/h2-3,8-9,13-14H,4H2,1H3. The Bertz CT molecular complexity index is 322. The van der Waals surface area contributed by atoms with Crippen LogP contribution in [0.5, 0.6) is 0 Å². The molecule has 0 fully saturated rings. The zero-order chi connectivity index (χ0) is 10.7. The summed E-state index contributed by atoms with van der Waals surface area (Å²) in [6, 6.07) is 2.58. The molecule has 78 valence electrons. The lowest BCUT2D eigenvalue weighted by molar-refractivity contribution is 0.0314. The van der Waals surface area contributed by atoms with E-state index in [9.17, 15) is 14.6 Å². The molecule has 2 atom stereocenters. The van der Waals surface area contributed by atoms with Crippen LogP contribution in [0, 0.1) is 12.7 Å². The van der Waals surface area contributed by atoms with E-state index in [2.05, 4.69) is 20.9 Å². The molecule has 2 unspecified atom stereocenters. The molecule has 0 saturated heterocycles. The molecule has 1 rings (SSSR count). The Morgan fingerprint density at radius 3 is 2.64 bits per heavy atom. The van der Waals surface area contributed by atoms with Crippen molar-refractivity contribution in [1.29, 1.82) is 0 Å². The first-order valence-electron chi connectivity index (χ1n) is 4.11. The van der Waals surface area contributed by atoms with Crippen LogP contribution >= 0.6 is 15.9 Å². The van der Waals surface area contributed by atoms with Crippen LogP contribution in [0.4, 0.5) is 4.39 Å². The second kappa shape index (κ2) is 4.82. The largest absolute Gasteiger partial charge is 0.389 e. The summed E-state index contributed by atoms with van der Waals surface area (Å²) in [6.07, 6.45) is -2.03. The Labute approximate surface area is 89.7 Å². The lowest BCUT2D eigenvalue weighted by Crippen LogP contribution is -2.20. The molecule has 5 heteroatoms. The van der Waals surface area contributed by atoms with E-state index in [-0.39, 0.29) is 16.7 Å². The van der Waals surface area contributed by atoms with Gasteiger partial charge in [-0.3, -0.25) is 4.98 Å². The molecule has 0 spiro atoms. The second-order valence-electron chi connectivity index (χ2n) is 2.97. The molecule has 3 nitrogen and oxygen atoms in total. The third-order valence-corrected chi connectivity index (χ3v) is 2.53. The fraction of sp³-hybridized carbons (Fsp3) is 0.444. The second-order valence-corrected chi connectivity index (χ2v) is 3.62. The Kier molecular flexibility index (Phi) is 3.97. The van der Waals surface area contributed by atoms with Crippen molar-refractivity contribution in [2.75, 3.05) is 5.33 Å². The summed E-state index contributed by atoms with van der Waals surface area (Å²) >= 11 is 3.03. The molecular formula is C9H11BrFNO2. The molecule has 0 saturated carbocycles. The summed E-state index contributed by atoms with van der Waals surface area (Å²) in [4.78, 5) is 3.84. The van der Waals surface area contributed by atoms with E-state index in [1.54, 1.807) is 0 Å². The van der Waals surface area contributed by atoms with Crippen molar-refractivity contribution in [2.45, 2.75) is 19.1 Å². The van der Waals surface area contributed by atoms with Gasteiger partial charge in [0, 0.05) is 5.33 Å². The van der Waals surface area contributed by atoms with Gasteiger partial charge in [-0.05, 0) is 19.1 Å². The molecule has 1 heterocycles. The van der Waals surface area contributed by atoms with Crippen LogP contribution in [0.15, 0.2) is 12.1 Å². The number of halogens is 2. The Balaban J connectivity index is 2.91. The third kappa shape index (κ3) is 2.50. The van der Waals surface area contributed by atoms with Crippen molar-refractivity contribution in [3.05, 3.63) is 29.3 Å². The number of aliphatic hydroxyl groups is 2. The van der Waals surface area contributed by atoms with Crippen LogP contribution in [-0.4, -0.2) is 26.6 Å². The van der Waals surface area contributed by atoms with Gasteiger partial charge in [-0.1, -0.05) is 15.9 Å². The SMILES string of the molecule is Cc1nc(C(O)C(O)CBr)ccc1F. The lowest BCUT2D eigenvalue weighted by Gasteiger charge is -2.15. The van der Waals surface area contributed by atoms with E-state index in [0.717, 1.165) is 0 Å². The van der Waals surface area contributed by atoms with Crippen LogP contribution in [-0.2, 0) is 0 Å². The number of aromatic nitrogens is 1. The third-order valence-electron chi connectivity index (χ3n) is 1.87. The maximum atomic E-state index is 12.8. The van der Waals surface area contributed by atoms with Gasteiger partial charge in [-0.25, -0.2) is 4.39 Å². The highest BCUT2D eigenvalue weighted by molar-refractivity contribution is 9.09. The molecule has 1 aromatic heterocycles. The van der Waals surface area contributed by atoms with Gasteiger partial charge in [0.25, 0.3) is 0 Å². The fourth-order valence-electron chi connectivity index (χ4n) is 1.01. The molecule has 0 aliphatic rings. The topological polar surface area (TPSA) is 53.4 Å². The minimum absolute atomic E-state index is 0.211. The quantitative estimate of drug-likeness (QED) is 0.809. The first-order chi connectivity index (χ1) is 6.56. The molecule has 2 N–H and O–H groups in total. The van der Waals surface area contributed by atoms with Crippen molar-refractivity contribution in [3.8, 4) is 0 Å². The Morgan fingerprint density at radius 2 is 2.14 bits per heavy atom. The highest BCUT2D eigenvalue weighted by Gasteiger charge is 2.18. The van der Waals surface area contributed by atoms with Crippen LogP contribution in [0.25, 0.3) is 0 Å². The van der Waals surface area contributed by atoms with Crippen molar-refractivity contribution >= 4 is 15.9 Å². The summed E-state index contributed by atoms with van der Waals surface area (Å²) in [6.45, 7) is 1.51. The molecule has 0 aromatic carbocycles. The van der Waals surface area contributed by atoms with E-state index in [1.165, 1.54) is 19.1 Å². The number of hydrogen-bond acceptors (Lipinski definition) is 3. The molecule has 0 bridgehead atoms. The van der Waals surface area contributed by atoms with Gasteiger partial charge >= 0.3 is 0 Å². The van der Waals surface area contributed by atoms with E-state index in [0.29, 0.717) is 0 Å². The number of aryl methyl sites for hydroxylation is 1. The first kappa shape index (κ1) is 11.6. The van der Waals surface area contributed by atoms with Gasteiger partial charge in [-0.2, -0.15) is 0 Å². The molecule has 0 aliphatic heterocycles. The van der Waals surface area contributed by atoms with Crippen LogP contribution < -0.4 is 0 Å². The predicted octanol–water partition coefficient (Wildman–Crippen LogP) is 1.32. The molecule has 14 heavy (non-hydrogen) atoms. The maximum absolute atomic E-state index is 12.8. The van der Waals surface area contributed by atoms with Crippen LogP contribution in [0.3, 0.4) is 0 Å². The predicted molar refractivity (Wildman–Crippen MR) is 53.7 cm³/mol. The van der Waals surface area contributed by atoms with Crippen molar-refractivity contribution in [2.24, 2.45) is 0 Å². The van der Waals surface area contributed by atoms with Crippen molar-refractivity contribution < 1.29 is 14.6 Å². The smallest absolute Gasteiger partial charge is 0.144 e. The van der Waals surface area contributed by atoms with E-state index in [1.807, 2.05) is 0 Å². The highest BCUT2D eigenvalue weighted by Crippen LogP contribution is 2.17. The monoisotopic (exact) mass is 263 g/mol. The zero-order valence-electron chi connectivity index (χ0n) is 7.61. The molecular weight excluding hydrogens is 253 g/mol. The van der Waals surface area contributed by atoms with Crippen LogP contribution in [0.2, 0.25) is 0 Å². The molecule has 0 radical (unpaired) electrons. The highest BCUT2D eigenvalue weighted by atomic mass is 79.9. The van der Waals surface area contributed by atoms with Gasteiger partial charge in [-0.15, -0.1) is 0 Å². The Hall–Kier alpha value is -0.520. The zero-order valence-corrected chi connectivity index (χ0v) is 9.20. The van der Waals surface area contributed by atoms with Crippen molar-refractivity contribution in [3.63, 3.8) is 0 Å². The van der Waals surface area contributed by atoms with Crippen molar-refractivity contribution in [1.82, 2.24) is 4.98 Å². The number of rotatable bonds is 3. The summed E-state index contributed by atoms with van der Waals surface area (Å²) < 4.78 is 12.8. The van der Waals surface area contributed by atoms with E-state index >= 15 is 0 Å². The van der Waals surface area contributed by atoms with Crippen LogP contribution in [0.1, 0.15) is 17.5 Å². The fourth-order valence-corrected chi connectivity index (χ4v) is 1.36. The number of alkyl halides is 1. The minimum Gasteiger partial charge on any atom is -0.389 e. The lowest BCUT2D eigenvalue weighted by atomic mass is 10.1. The van der Waals surface area contributed by atoms with Gasteiger partial charge in [0.1, 0.15) is 11.9 Å². The maximum Gasteiger partial charge on any atom is 0.144 e. The van der Waals surface area contributed by atoms with E-state index in [4.69, 9.17) is 0 Å². The van der Waals surface area contributed by atoms with Gasteiger partial charge < -0.3 is 10.2 Å². The minimum atomic E-state index is -1.09. The molecule has 1 aromatic rings. The van der Waals surface area contributed by atoms with Gasteiger partial charge in [0.2, 0.25) is 0 Å². The summed E-state index contributed by atoms with van der Waals surface area (Å²) in [5.41, 5.74) is 0.485. The van der Waals surface area contributed by atoms with Gasteiger partial charge in [0.05, 0.1) is 17.5 Å². The number of hydrogen-bond donors (Lipinski definition) is 2. The summed E-state index contributed by atoms with van der Waals surface area (Å²) in [5.74, 6) is -0.422. The summed E-state index contributed by atoms with van der Waals surface area (Å²) in [7, 11) is 0. The average molecular weight is 264 g/mol. The summed E-state index contributed by atoms with van der Waals surface area (Å²) in [5, 5.41) is 19.1. The Morgan fingerprint density at radius 1 is 1.50 bits per heavy atom. The number of pyridine rings is 1.